The Labute approximate surface area is 465 Å². The second kappa shape index (κ2) is 56.6. The van der Waals surface area contributed by atoms with E-state index in [0.29, 0.717) is 17.4 Å². The van der Waals surface area contributed by atoms with Crippen molar-refractivity contribution in [2.45, 2.75) is 225 Å². The molecule has 0 aliphatic heterocycles. The maximum atomic E-state index is 12.8. The van der Waals surface area contributed by atoms with Gasteiger partial charge in [-0.05, 0) is 116 Å². The molecule has 0 spiro atoms. The first kappa shape index (κ1) is 71.4. The molecule has 0 aliphatic carbocycles. The van der Waals surface area contributed by atoms with Crippen molar-refractivity contribution in [3.63, 3.8) is 0 Å². The first-order chi connectivity index (χ1) is 37.1. The lowest BCUT2D eigenvalue weighted by Gasteiger charge is -2.26. The van der Waals surface area contributed by atoms with Crippen molar-refractivity contribution in [3.05, 3.63) is 134 Å². The van der Waals surface area contributed by atoms with E-state index in [1.54, 1.807) is 0 Å². The van der Waals surface area contributed by atoms with Crippen LogP contribution < -0.4 is 5.11 Å². The Hall–Kier alpha value is -4.57. The van der Waals surface area contributed by atoms with Crippen LogP contribution in [-0.4, -0.2) is 82.3 Å². The van der Waals surface area contributed by atoms with Crippen molar-refractivity contribution in [1.82, 2.24) is 0 Å². The molecular formula is C67H109NO8. The third kappa shape index (κ3) is 57.1. The molecule has 0 saturated heterocycles. The van der Waals surface area contributed by atoms with Crippen molar-refractivity contribution in [2.75, 3.05) is 47.5 Å². The zero-order chi connectivity index (χ0) is 55.5. The molecule has 0 saturated carbocycles. The Balaban J connectivity index is 4.17. The average Bonchev–Trinajstić information content (AvgIpc) is 3.39. The van der Waals surface area contributed by atoms with Gasteiger partial charge in [0.15, 0.2) is 12.4 Å². The van der Waals surface area contributed by atoms with Gasteiger partial charge in [0.2, 0.25) is 0 Å². The van der Waals surface area contributed by atoms with Gasteiger partial charge in [0, 0.05) is 12.8 Å². The molecule has 9 heteroatoms. The summed E-state index contributed by atoms with van der Waals surface area (Å²) in [5.74, 6) is -2.32. The summed E-state index contributed by atoms with van der Waals surface area (Å²) in [7, 11) is 5.90. The van der Waals surface area contributed by atoms with Gasteiger partial charge in [0.05, 0.1) is 40.3 Å². The fourth-order valence-corrected chi connectivity index (χ4v) is 7.56. The van der Waals surface area contributed by atoms with Crippen molar-refractivity contribution < 1.29 is 42.9 Å². The molecule has 0 radical (unpaired) electrons. The number of carboxylic acid groups (broad SMARTS) is 1. The molecule has 2 atom stereocenters. The summed E-state index contributed by atoms with van der Waals surface area (Å²) in [5.41, 5.74) is 0. The number of carbonyl (C=O) groups excluding carboxylic acids is 3. The third-order valence-corrected chi connectivity index (χ3v) is 12.1. The number of likely N-dealkylation sites (N-methyl/N-ethyl adjacent to an activating group) is 1. The summed E-state index contributed by atoms with van der Waals surface area (Å²) in [6.07, 6.45) is 78.0. The van der Waals surface area contributed by atoms with Gasteiger partial charge in [-0.2, -0.15) is 0 Å². The Bertz CT molecular complexity index is 1700. The smallest absolute Gasteiger partial charge is 0.306 e. The number of allylic oxidation sites excluding steroid dienone is 22. The summed E-state index contributed by atoms with van der Waals surface area (Å²) in [6, 6.07) is 0. The van der Waals surface area contributed by atoms with Gasteiger partial charge in [-0.25, -0.2) is 0 Å². The molecule has 0 heterocycles. The van der Waals surface area contributed by atoms with Crippen LogP contribution in [0, 0.1) is 0 Å². The van der Waals surface area contributed by atoms with Gasteiger partial charge in [0.25, 0.3) is 0 Å². The van der Waals surface area contributed by atoms with E-state index in [-0.39, 0.29) is 38.6 Å². The average molecular weight is 1060 g/mol. The second-order valence-corrected chi connectivity index (χ2v) is 20.5. The topological polar surface area (TPSA) is 111 Å². The van der Waals surface area contributed by atoms with Crippen molar-refractivity contribution in [1.29, 1.82) is 0 Å². The maximum absolute atomic E-state index is 12.8. The Morgan fingerprint density at radius 3 is 1.13 bits per heavy atom. The van der Waals surface area contributed by atoms with Crippen LogP contribution >= 0.6 is 0 Å². The Morgan fingerprint density at radius 2 is 0.750 bits per heavy atom. The molecule has 0 bridgehead atoms. The molecule has 9 nitrogen and oxygen atoms in total. The van der Waals surface area contributed by atoms with Crippen molar-refractivity contribution in [2.24, 2.45) is 0 Å². The highest BCUT2D eigenvalue weighted by molar-refractivity contribution is 5.70. The number of nitrogens with zero attached hydrogens (tertiary/aromatic N) is 1. The molecule has 0 amide bonds. The first-order valence-electron chi connectivity index (χ1n) is 29.8. The minimum absolute atomic E-state index is 0.138. The van der Waals surface area contributed by atoms with E-state index in [1.807, 2.05) is 21.1 Å². The Kier molecular flexibility index (Phi) is 53.2. The minimum Gasteiger partial charge on any atom is -0.545 e. The van der Waals surface area contributed by atoms with Crippen LogP contribution in [-0.2, 0) is 33.3 Å². The third-order valence-electron chi connectivity index (χ3n) is 12.1. The number of hydrogen-bond acceptors (Lipinski definition) is 8. The predicted octanol–water partition coefficient (Wildman–Crippen LogP) is 16.5. The van der Waals surface area contributed by atoms with Crippen molar-refractivity contribution in [3.8, 4) is 0 Å². The second-order valence-electron chi connectivity index (χ2n) is 20.5. The van der Waals surface area contributed by atoms with Gasteiger partial charge in [-0.3, -0.25) is 9.59 Å². The van der Waals surface area contributed by atoms with Gasteiger partial charge in [-0.15, -0.1) is 0 Å². The van der Waals surface area contributed by atoms with Gasteiger partial charge in [-0.1, -0.05) is 218 Å². The lowest BCUT2D eigenvalue weighted by Crippen LogP contribution is -2.44. The zero-order valence-corrected chi connectivity index (χ0v) is 48.8. The number of ether oxygens (including phenoxy) is 4. The standard InChI is InChI=1S/C67H109NO8/c1-6-8-10-12-14-16-18-20-21-22-23-24-25-26-27-28-29-30-31-32-33-34-35-36-37-38-39-40-41-42-43-44-45-46-48-50-52-54-56-58-65(70)76-63(62-75-67(66(71)72)73-60-59-68(3,4)5)61-74-64(69)57-55-53-51-49-47-19-17-15-13-11-9-7-2/h8,10,14-17,20-21,23-24,26-27,29-30,32-33,35-36,38-39,41-42,63,67H,6-7,9,11-13,18-19,22,25,28,31,34,37,40,43-62H2,1-5H3/b10-8-,16-14-,17-15-,21-20-,24-23-,27-26-,30-29-,33-32-,36-35-,39-38-,42-41-. The number of aliphatic carboxylic acids is 1. The highest BCUT2D eigenvalue weighted by Gasteiger charge is 2.22. The summed E-state index contributed by atoms with van der Waals surface area (Å²) in [6.45, 7) is 4.56. The molecule has 0 aromatic rings. The summed E-state index contributed by atoms with van der Waals surface area (Å²) < 4.78 is 22.6. The number of rotatable bonds is 53. The molecule has 0 N–H and O–H groups in total. The van der Waals surface area contributed by atoms with Crippen LogP contribution in [0.5, 0.6) is 0 Å². The predicted molar refractivity (Wildman–Crippen MR) is 319 cm³/mol. The van der Waals surface area contributed by atoms with Crippen molar-refractivity contribution >= 4 is 17.9 Å². The van der Waals surface area contributed by atoms with E-state index in [4.69, 9.17) is 18.9 Å². The van der Waals surface area contributed by atoms with E-state index in [2.05, 4.69) is 148 Å². The van der Waals surface area contributed by atoms with E-state index in [0.717, 1.165) is 135 Å². The number of hydrogen-bond donors (Lipinski definition) is 0. The van der Waals surface area contributed by atoms with Crippen LogP contribution in [0.15, 0.2) is 134 Å². The summed E-state index contributed by atoms with van der Waals surface area (Å²) >= 11 is 0. The molecule has 2 unspecified atom stereocenters. The molecule has 0 aromatic carbocycles. The number of carbonyl (C=O) groups is 3. The fraction of sp³-hybridized carbons (Fsp3) is 0.627. The quantitative estimate of drug-likeness (QED) is 0.0195. The molecule has 430 valence electrons. The number of quaternary nitrogens is 1. The van der Waals surface area contributed by atoms with Crippen LogP contribution in [0.25, 0.3) is 0 Å². The molecule has 0 aromatic heterocycles. The monoisotopic (exact) mass is 1060 g/mol. The van der Waals surface area contributed by atoms with Crippen LogP contribution in [0.1, 0.15) is 213 Å². The van der Waals surface area contributed by atoms with Gasteiger partial charge < -0.3 is 33.3 Å². The minimum atomic E-state index is -1.63. The molecule has 0 rings (SSSR count). The van der Waals surface area contributed by atoms with Gasteiger partial charge >= 0.3 is 11.9 Å². The number of esters is 2. The molecule has 76 heavy (non-hydrogen) atoms. The van der Waals surface area contributed by atoms with E-state index in [9.17, 15) is 19.5 Å². The highest BCUT2D eigenvalue weighted by Crippen LogP contribution is 2.14. The fourth-order valence-electron chi connectivity index (χ4n) is 7.56. The molecular weight excluding hydrogens is 947 g/mol. The van der Waals surface area contributed by atoms with Gasteiger partial charge in [0.1, 0.15) is 13.2 Å². The van der Waals surface area contributed by atoms with Crippen LogP contribution in [0.3, 0.4) is 0 Å². The first-order valence-corrected chi connectivity index (χ1v) is 29.8. The van der Waals surface area contributed by atoms with Crippen LogP contribution in [0.4, 0.5) is 0 Å². The maximum Gasteiger partial charge on any atom is 0.306 e. The number of carboxylic acids is 1. The van der Waals surface area contributed by atoms with E-state index in [1.165, 1.54) is 44.9 Å². The van der Waals surface area contributed by atoms with E-state index >= 15 is 0 Å². The molecule has 0 aliphatic rings. The summed E-state index contributed by atoms with van der Waals surface area (Å²) in [5, 5.41) is 11.7. The largest absolute Gasteiger partial charge is 0.545 e. The van der Waals surface area contributed by atoms with Crippen LogP contribution in [0.2, 0.25) is 0 Å². The lowest BCUT2D eigenvalue weighted by molar-refractivity contribution is -0.870. The summed E-state index contributed by atoms with van der Waals surface area (Å²) in [4.78, 5) is 37.2. The van der Waals surface area contributed by atoms with E-state index < -0.39 is 24.3 Å². The zero-order valence-electron chi connectivity index (χ0n) is 48.8. The highest BCUT2D eigenvalue weighted by atomic mass is 16.7. The number of unbranched alkanes of at least 4 members (excludes halogenated alkanes) is 16. The Morgan fingerprint density at radius 1 is 0.408 bits per heavy atom. The normalized spacial score (nSPS) is 13.8. The molecule has 0 fully saturated rings. The SMILES string of the molecule is CC/C=C\C/C=C\C/C=C\C/C=C\C/C=C\C/C=C\C/C=C\C/C=C\C/C=C\C/C=C\CCCCCCCCCCC(=O)OC(COC(=O)CCCCCCC/C=C\CCCCC)COC(OCC[N+](C)(C)C)C(=O)[O-]. The lowest BCUT2D eigenvalue weighted by atomic mass is 10.1.